The average molecular weight is 216 g/mol. The minimum Gasteiger partial charge on any atom is -0.393 e. The largest absolute Gasteiger partial charge is 0.393 e. The zero-order valence-corrected chi connectivity index (χ0v) is 11.0. The molecule has 0 aromatic carbocycles. The summed E-state index contributed by atoms with van der Waals surface area (Å²) < 4.78 is 0. The first kappa shape index (κ1) is 14.9. The zero-order chi connectivity index (χ0) is 11.8. The van der Waals surface area contributed by atoms with Crippen LogP contribution >= 0.6 is 0 Å². The highest BCUT2D eigenvalue weighted by Crippen LogP contribution is 2.11. The maximum atomic E-state index is 9.67. The number of rotatable bonds is 8. The first-order chi connectivity index (χ1) is 7.01. The van der Waals surface area contributed by atoms with E-state index in [9.17, 15) is 5.11 Å². The van der Waals surface area contributed by atoms with Crippen LogP contribution < -0.4 is 0 Å². The Balaban J connectivity index is 3.94. The molecule has 0 saturated carbocycles. The van der Waals surface area contributed by atoms with Crippen LogP contribution in [0.15, 0.2) is 0 Å². The molecule has 0 aliphatic rings. The Hall–Kier alpha value is -0.120. The highest BCUT2D eigenvalue weighted by molar-refractivity contribution is 4.69. The number of aliphatic hydroxyl groups excluding tert-OH is 1. The van der Waals surface area contributed by atoms with Crippen molar-refractivity contribution in [1.29, 1.82) is 0 Å². The molecule has 0 amide bonds. The smallest absolute Gasteiger partial charge is 0.0552 e. The Kier molecular flexibility index (Phi) is 8.02. The monoisotopic (exact) mass is 216 g/mol. The van der Waals surface area contributed by atoms with Gasteiger partial charge >= 0.3 is 0 Å². The average Bonchev–Trinajstić information content (AvgIpc) is 2.16. The van der Waals surface area contributed by atoms with Crippen LogP contribution in [0, 0.1) is 5.92 Å². The van der Waals surface area contributed by atoms with Crippen molar-refractivity contribution in [3.8, 4) is 0 Å². The zero-order valence-electron chi connectivity index (χ0n) is 11.0. The molecule has 0 heterocycles. The Morgan fingerprint density at radius 1 is 1.13 bits per heavy atom. The van der Waals surface area contributed by atoms with Gasteiger partial charge in [-0.2, -0.15) is 0 Å². The molecule has 0 aliphatic carbocycles. The fraction of sp³-hybridized carbons (Fsp3) is 1.00. The van der Waals surface area contributed by atoms with Gasteiger partial charge in [0.1, 0.15) is 0 Å². The molecule has 0 saturated heterocycles. The molecule has 2 atom stereocenters. The van der Waals surface area contributed by atoms with E-state index in [0.29, 0.717) is 5.92 Å². The normalized spacial score (nSPS) is 16.0. The van der Waals surface area contributed by atoms with Gasteiger partial charge in [0.05, 0.1) is 6.10 Å². The van der Waals surface area contributed by atoms with Gasteiger partial charge in [0.25, 0.3) is 0 Å². The van der Waals surface area contributed by atoms with Crippen molar-refractivity contribution in [2.75, 3.05) is 40.3 Å². The van der Waals surface area contributed by atoms with Gasteiger partial charge < -0.3 is 14.9 Å². The molecule has 0 aliphatic heterocycles. The molecule has 0 bridgehead atoms. The van der Waals surface area contributed by atoms with E-state index in [1.54, 1.807) is 0 Å². The number of aliphatic hydroxyl groups is 1. The number of hydrogen-bond acceptors (Lipinski definition) is 3. The van der Waals surface area contributed by atoms with Crippen molar-refractivity contribution < 1.29 is 5.11 Å². The minimum atomic E-state index is -0.206. The Labute approximate surface area is 95.1 Å². The minimum absolute atomic E-state index is 0.206. The lowest BCUT2D eigenvalue weighted by molar-refractivity contribution is 0.0925. The molecule has 3 nitrogen and oxygen atoms in total. The first-order valence-electron chi connectivity index (χ1n) is 6.06. The predicted molar refractivity (Wildman–Crippen MR) is 66.1 cm³/mol. The molecule has 15 heavy (non-hydrogen) atoms. The van der Waals surface area contributed by atoms with Crippen LogP contribution in [-0.2, 0) is 0 Å². The Morgan fingerprint density at radius 3 is 2.00 bits per heavy atom. The summed E-state index contributed by atoms with van der Waals surface area (Å²) in [7, 11) is 4.12. The van der Waals surface area contributed by atoms with Crippen LogP contribution in [0.3, 0.4) is 0 Å². The molecule has 0 fully saturated rings. The van der Waals surface area contributed by atoms with Crippen molar-refractivity contribution in [3.05, 3.63) is 0 Å². The van der Waals surface area contributed by atoms with E-state index in [0.717, 1.165) is 32.6 Å². The maximum Gasteiger partial charge on any atom is 0.0552 e. The van der Waals surface area contributed by atoms with E-state index in [1.165, 1.54) is 0 Å². The molecule has 0 spiro atoms. The van der Waals surface area contributed by atoms with E-state index >= 15 is 0 Å². The first-order valence-corrected chi connectivity index (χ1v) is 6.06. The summed E-state index contributed by atoms with van der Waals surface area (Å²) in [5.74, 6) is 0.389. The lowest BCUT2D eigenvalue weighted by atomic mass is 9.99. The molecule has 0 radical (unpaired) electrons. The standard InChI is InChI=1S/C12H28N2O/c1-6-14(7-2)9-8-12(11(3)15)10-13(4)5/h11-12,15H,6-10H2,1-5H3/t11-,12+/m1/s1. The summed E-state index contributed by atoms with van der Waals surface area (Å²) in [6.45, 7) is 10.5. The number of hydrogen-bond donors (Lipinski definition) is 1. The van der Waals surface area contributed by atoms with E-state index in [2.05, 4.69) is 37.7 Å². The van der Waals surface area contributed by atoms with Gasteiger partial charge in [-0.25, -0.2) is 0 Å². The van der Waals surface area contributed by atoms with Gasteiger partial charge in [-0.15, -0.1) is 0 Å². The van der Waals surface area contributed by atoms with Gasteiger partial charge in [0.2, 0.25) is 0 Å². The molecule has 92 valence electrons. The second-order valence-electron chi connectivity index (χ2n) is 4.58. The third kappa shape index (κ3) is 6.88. The fourth-order valence-electron chi connectivity index (χ4n) is 1.84. The molecule has 3 heteroatoms. The van der Waals surface area contributed by atoms with Gasteiger partial charge in [-0.3, -0.25) is 0 Å². The van der Waals surface area contributed by atoms with Crippen LogP contribution in [-0.4, -0.2) is 61.3 Å². The Bertz CT molecular complexity index is 145. The van der Waals surface area contributed by atoms with Gasteiger partial charge in [-0.1, -0.05) is 13.8 Å². The van der Waals surface area contributed by atoms with Crippen LogP contribution in [0.25, 0.3) is 0 Å². The van der Waals surface area contributed by atoms with Crippen LogP contribution in [0.2, 0.25) is 0 Å². The summed E-state index contributed by atoms with van der Waals surface area (Å²) in [4.78, 5) is 4.56. The SMILES string of the molecule is CCN(CC)CC[C@@H](CN(C)C)[C@@H](C)O. The van der Waals surface area contributed by atoms with Gasteiger partial charge in [0.15, 0.2) is 0 Å². The summed E-state index contributed by atoms with van der Waals surface area (Å²) in [5.41, 5.74) is 0. The van der Waals surface area contributed by atoms with Gasteiger partial charge in [-0.05, 0) is 53.0 Å². The number of nitrogens with zero attached hydrogens (tertiary/aromatic N) is 2. The molecule has 1 N–H and O–H groups in total. The molecule has 0 rings (SSSR count). The van der Waals surface area contributed by atoms with Gasteiger partial charge in [0, 0.05) is 6.54 Å². The molecule has 0 aromatic heterocycles. The third-order valence-corrected chi connectivity index (χ3v) is 2.99. The summed E-state index contributed by atoms with van der Waals surface area (Å²) >= 11 is 0. The van der Waals surface area contributed by atoms with Crippen molar-refractivity contribution >= 4 is 0 Å². The second kappa shape index (κ2) is 8.08. The fourth-order valence-corrected chi connectivity index (χ4v) is 1.84. The summed E-state index contributed by atoms with van der Waals surface area (Å²) in [6, 6.07) is 0. The van der Waals surface area contributed by atoms with Crippen molar-refractivity contribution in [1.82, 2.24) is 9.80 Å². The van der Waals surface area contributed by atoms with Crippen molar-refractivity contribution in [2.45, 2.75) is 33.3 Å². The highest BCUT2D eigenvalue weighted by Gasteiger charge is 2.16. The molecule has 0 unspecified atom stereocenters. The van der Waals surface area contributed by atoms with E-state index in [-0.39, 0.29) is 6.10 Å². The lowest BCUT2D eigenvalue weighted by Gasteiger charge is -2.26. The Morgan fingerprint density at radius 2 is 1.67 bits per heavy atom. The van der Waals surface area contributed by atoms with Crippen molar-refractivity contribution in [3.63, 3.8) is 0 Å². The quantitative estimate of drug-likeness (QED) is 0.662. The van der Waals surface area contributed by atoms with Crippen LogP contribution in [0.1, 0.15) is 27.2 Å². The van der Waals surface area contributed by atoms with E-state index < -0.39 is 0 Å². The second-order valence-corrected chi connectivity index (χ2v) is 4.58. The van der Waals surface area contributed by atoms with E-state index in [4.69, 9.17) is 0 Å². The van der Waals surface area contributed by atoms with E-state index in [1.807, 2.05) is 6.92 Å². The maximum absolute atomic E-state index is 9.67. The molecular formula is C12H28N2O. The molecular weight excluding hydrogens is 188 g/mol. The topological polar surface area (TPSA) is 26.7 Å². The lowest BCUT2D eigenvalue weighted by Crippen LogP contribution is -2.33. The van der Waals surface area contributed by atoms with Crippen molar-refractivity contribution in [2.24, 2.45) is 5.92 Å². The summed E-state index contributed by atoms with van der Waals surface area (Å²) in [5, 5.41) is 9.67. The summed E-state index contributed by atoms with van der Waals surface area (Å²) in [6.07, 6.45) is 0.875. The molecule has 0 aromatic rings. The van der Waals surface area contributed by atoms with Crippen LogP contribution in [0.5, 0.6) is 0 Å². The predicted octanol–water partition coefficient (Wildman–Crippen LogP) is 1.28. The highest BCUT2D eigenvalue weighted by atomic mass is 16.3. The van der Waals surface area contributed by atoms with Crippen LogP contribution in [0.4, 0.5) is 0 Å². The third-order valence-electron chi connectivity index (χ3n) is 2.99.